The van der Waals surface area contributed by atoms with E-state index in [1.54, 1.807) is 6.07 Å². The van der Waals surface area contributed by atoms with Crippen LogP contribution in [0.4, 0.5) is 11.4 Å². The molecule has 90 valence electrons. The first-order chi connectivity index (χ1) is 8.65. The average Bonchev–Trinajstić information content (AvgIpc) is 2.36. The molecule has 0 spiro atoms. The molecular weight excluding hydrogens is 254 g/mol. The van der Waals surface area contributed by atoms with Gasteiger partial charge in [-0.2, -0.15) is 0 Å². The Hall–Kier alpha value is -2.20. The van der Waals surface area contributed by atoms with Crippen LogP contribution in [0.15, 0.2) is 36.4 Å². The van der Waals surface area contributed by atoms with Crippen LogP contribution in [0.2, 0.25) is 5.02 Å². The summed E-state index contributed by atoms with van der Waals surface area (Å²) in [5.41, 5.74) is 1.48. The molecule has 0 fully saturated rings. The number of ether oxygens (including phenoxy) is 1. The number of hydrogen-bond acceptors (Lipinski definition) is 3. The number of carboxylic acid groups (broad SMARTS) is 1. The fraction of sp³-hybridized carbons (Fsp3) is 0. The molecule has 0 unspecified atom stereocenters. The smallest absolute Gasteiger partial charge is 0.335 e. The Morgan fingerprint density at radius 1 is 1.22 bits per heavy atom. The highest BCUT2D eigenvalue weighted by Gasteiger charge is 2.20. The highest BCUT2D eigenvalue weighted by molar-refractivity contribution is 6.34. The van der Waals surface area contributed by atoms with Gasteiger partial charge in [0, 0.05) is 0 Å². The van der Waals surface area contributed by atoms with Gasteiger partial charge in [-0.3, -0.25) is 0 Å². The first-order valence-corrected chi connectivity index (χ1v) is 5.63. The van der Waals surface area contributed by atoms with Crippen molar-refractivity contribution in [3.05, 3.63) is 47.0 Å². The molecule has 18 heavy (non-hydrogen) atoms. The van der Waals surface area contributed by atoms with Crippen LogP contribution in [0.1, 0.15) is 10.4 Å². The number of carboxylic acids is 1. The zero-order valence-electron chi connectivity index (χ0n) is 9.11. The molecule has 0 saturated heterocycles. The third-order valence-electron chi connectivity index (χ3n) is 2.67. The Balaban J connectivity index is 2.13. The Morgan fingerprint density at radius 2 is 2.00 bits per heavy atom. The SMILES string of the molecule is O=C(O)c1cc(Cl)c2c(c1)Oc1ccccc1N2. The van der Waals surface area contributed by atoms with Crippen molar-refractivity contribution in [3.8, 4) is 11.5 Å². The predicted octanol–water partition coefficient (Wildman–Crippen LogP) is 3.89. The molecule has 1 aliphatic rings. The lowest BCUT2D eigenvalue weighted by Crippen LogP contribution is -2.05. The van der Waals surface area contributed by atoms with Crippen molar-refractivity contribution < 1.29 is 14.6 Å². The van der Waals surface area contributed by atoms with E-state index in [0.29, 0.717) is 22.2 Å². The summed E-state index contributed by atoms with van der Waals surface area (Å²) in [5.74, 6) is 0.0179. The van der Waals surface area contributed by atoms with Gasteiger partial charge in [-0.25, -0.2) is 4.79 Å². The van der Waals surface area contributed by atoms with Crippen LogP contribution in [-0.2, 0) is 0 Å². The molecule has 1 heterocycles. The number of carbonyl (C=O) groups is 1. The zero-order chi connectivity index (χ0) is 12.7. The maximum absolute atomic E-state index is 10.9. The molecule has 2 aromatic carbocycles. The molecule has 0 amide bonds. The van der Waals surface area contributed by atoms with Crippen LogP contribution in [0.3, 0.4) is 0 Å². The Kier molecular flexibility index (Phi) is 2.38. The van der Waals surface area contributed by atoms with Gasteiger partial charge < -0.3 is 15.2 Å². The van der Waals surface area contributed by atoms with Crippen LogP contribution < -0.4 is 10.1 Å². The minimum Gasteiger partial charge on any atom is -0.478 e. The number of fused-ring (bicyclic) bond motifs is 2. The number of aromatic carboxylic acids is 1. The molecule has 0 aromatic heterocycles. The highest BCUT2D eigenvalue weighted by Crippen LogP contribution is 2.45. The van der Waals surface area contributed by atoms with E-state index in [1.807, 2.05) is 18.2 Å². The summed E-state index contributed by atoms with van der Waals surface area (Å²) in [5, 5.41) is 12.4. The van der Waals surface area contributed by atoms with E-state index in [2.05, 4.69) is 5.32 Å². The summed E-state index contributed by atoms with van der Waals surface area (Å²) in [7, 11) is 0. The van der Waals surface area contributed by atoms with Crippen molar-refractivity contribution in [2.75, 3.05) is 5.32 Å². The Labute approximate surface area is 108 Å². The summed E-state index contributed by atoms with van der Waals surface area (Å²) in [4.78, 5) is 10.9. The van der Waals surface area contributed by atoms with Gasteiger partial charge in [0.25, 0.3) is 0 Å². The van der Waals surface area contributed by atoms with E-state index in [4.69, 9.17) is 21.4 Å². The summed E-state index contributed by atoms with van der Waals surface area (Å²) < 4.78 is 5.64. The second kappa shape index (κ2) is 3.92. The van der Waals surface area contributed by atoms with Gasteiger partial charge in [-0.15, -0.1) is 0 Å². The highest BCUT2D eigenvalue weighted by atomic mass is 35.5. The topological polar surface area (TPSA) is 58.6 Å². The molecule has 1 aliphatic heterocycles. The van der Waals surface area contributed by atoms with Crippen LogP contribution in [0.25, 0.3) is 0 Å². The van der Waals surface area contributed by atoms with E-state index in [0.717, 1.165) is 5.69 Å². The second-order valence-electron chi connectivity index (χ2n) is 3.86. The summed E-state index contributed by atoms with van der Waals surface area (Å²) in [6.07, 6.45) is 0. The molecule has 3 rings (SSSR count). The first-order valence-electron chi connectivity index (χ1n) is 5.26. The first kappa shape index (κ1) is 10.9. The number of hydrogen-bond donors (Lipinski definition) is 2. The minimum atomic E-state index is -1.04. The van der Waals surface area contributed by atoms with E-state index >= 15 is 0 Å². The van der Waals surface area contributed by atoms with E-state index < -0.39 is 5.97 Å². The van der Waals surface area contributed by atoms with Gasteiger partial charge >= 0.3 is 5.97 Å². The lowest BCUT2D eigenvalue weighted by molar-refractivity contribution is 0.0696. The quantitative estimate of drug-likeness (QED) is 0.698. The molecule has 0 aliphatic carbocycles. The van der Waals surface area contributed by atoms with Gasteiger partial charge in [0.05, 0.1) is 16.3 Å². The van der Waals surface area contributed by atoms with Gasteiger partial charge in [0.15, 0.2) is 11.5 Å². The second-order valence-corrected chi connectivity index (χ2v) is 4.27. The van der Waals surface area contributed by atoms with Gasteiger partial charge in [-0.05, 0) is 24.3 Å². The molecular formula is C13H8ClNO3. The molecule has 4 nitrogen and oxygen atoms in total. The zero-order valence-corrected chi connectivity index (χ0v) is 9.86. The summed E-state index contributed by atoms with van der Waals surface area (Å²) in [6, 6.07) is 10.2. The van der Waals surface area contributed by atoms with Crippen molar-refractivity contribution in [1.82, 2.24) is 0 Å². The normalized spacial score (nSPS) is 11.8. The fourth-order valence-electron chi connectivity index (χ4n) is 1.82. The lowest BCUT2D eigenvalue weighted by Gasteiger charge is -2.22. The average molecular weight is 262 g/mol. The maximum Gasteiger partial charge on any atom is 0.335 e. The monoisotopic (exact) mass is 261 g/mol. The van der Waals surface area contributed by atoms with E-state index in [-0.39, 0.29) is 5.56 Å². The maximum atomic E-state index is 10.9. The third-order valence-corrected chi connectivity index (χ3v) is 2.97. The summed E-state index contributed by atoms with van der Waals surface area (Å²) in [6.45, 7) is 0. The van der Waals surface area contributed by atoms with Crippen molar-refractivity contribution in [1.29, 1.82) is 0 Å². The number of para-hydroxylation sites is 2. The number of anilines is 2. The van der Waals surface area contributed by atoms with Crippen LogP contribution in [-0.4, -0.2) is 11.1 Å². The van der Waals surface area contributed by atoms with Gasteiger partial charge in [0.2, 0.25) is 0 Å². The Morgan fingerprint density at radius 3 is 2.78 bits per heavy atom. The third kappa shape index (κ3) is 1.67. The number of rotatable bonds is 1. The standard InChI is InChI=1S/C13H8ClNO3/c14-8-5-7(13(16)17)6-11-12(8)15-9-3-1-2-4-10(9)18-11/h1-6,15H,(H,16,17). The minimum absolute atomic E-state index is 0.0972. The van der Waals surface area contributed by atoms with Crippen LogP contribution in [0, 0.1) is 0 Å². The van der Waals surface area contributed by atoms with Crippen LogP contribution >= 0.6 is 11.6 Å². The van der Waals surface area contributed by atoms with Gasteiger partial charge in [-0.1, -0.05) is 23.7 Å². The number of halogens is 1. The van der Waals surface area contributed by atoms with Crippen LogP contribution in [0.5, 0.6) is 11.5 Å². The van der Waals surface area contributed by atoms with Crippen molar-refractivity contribution in [2.45, 2.75) is 0 Å². The van der Waals surface area contributed by atoms with Crippen molar-refractivity contribution >= 4 is 28.9 Å². The predicted molar refractivity (Wildman–Crippen MR) is 68.2 cm³/mol. The number of benzene rings is 2. The molecule has 2 N–H and O–H groups in total. The van der Waals surface area contributed by atoms with Crippen molar-refractivity contribution in [2.24, 2.45) is 0 Å². The largest absolute Gasteiger partial charge is 0.478 e. The fourth-order valence-corrected chi connectivity index (χ4v) is 2.08. The lowest BCUT2D eigenvalue weighted by atomic mass is 10.1. The number of nitrogens with one attached hydrogen (secondary N) is 1. The van der Waals surface area contributed by atoms with E-state index in [1.165, 1.54) is 12.1 Å². The van der Waals surface area contributed by atoms with Crippen molar-refractivity contribution in [3.63, 3.8) is 0 Å². The summed E-state index contributed by atoms with van der Waals surface area (Å²) >= 11 is 6.05. The molecule has 0 radical (unpaired) electrons. The Bertz CT molecular complexity index is 655. The molecule has 0 saturated carbocycles. The molecule has 0 bridgehead atoms. The molecule has 2 aromatic rings. The molecule has 0 atom stereocenters. The van der Waals surface area contributed by atoms with Gasteiger partial charge in [0.1, 0.15) is 5.69 Å². The van der Waals surface area contributed by atoms with E-state index in [9.17, 15) is 4.79 Å². The molecule has 5 heteroatoms.